The molecule has 0 atom stereocenters. The Morgan fingerprint density at radius 3 is 2.95 bits per heavy atom. The summed E-state index contributed by atoms with van der Waals surface area (Å²) in [5.41, 5.74) is 1.65. The first-order chi connectivity index (χ1) is 9.20. The number of nitrogens with one attached hydrogen (secondary N) is 1. The van der Waals surface area contributed by atoms with E-state index in [9.17, 15) is 4.39 Å². The number of benzene rings is 1. The average molecular weight is 325 g/mol. The SMILES string of the molecule is CCOc1ncccc1NCc1ccc(Br)c(F)c1. The van der Waals surface area contributed by atoms with Gasteiger partial charge in [0.1, 0.15) is 5.82 Å². The maximum absolute atomic E-state index is 13.4. The normalized spacial score (nSPS) is 10.3. The van der Waals surface area contributed by atoms with Crippen LogP contribution in [0.4, 0.5) is 10.1 Å². The third-order valence-electron chi connectivity index (χ3n) is 2.52. The van der Waals surface area contributed by atoms with Crippen LogP contribution in [-0.4, -0.2) is 11.6 Å². The zero-order valence-electron chi connectivity index (χ0n) is 10.5. The monoisotopic (exact) mass is 324 g/mol. The van der Waals surface area contributed by atoms with Crippen molar-refractivity contribution in [3.63, 3.8) is 0 Å². The Balaban J connectivity index is 2.07. The Morgan fingerprint density at radius 2 is 2.21 bits per heavy atom. The van der Waals surface area contributed by atoms with Gasteiger partial charge in [-0.05, 0) is 52.7 Å². The highest BCUT2D eigenvalue weighted by Gasteiger charge is 2.05. The van der Waals surface area contributed by atoms with E-state index in [1.165, 1.54) is 6.07 Å². The van der Waals surface area contributed by atoms with Crippen molar-refractivity contribution in [2.24, 2.45) is 0 Å². The fraction of sp³-hybridized carbons (Fsp3) is 0.214. The molecule has 0 bridgehead atoms. The number of hydrogen-bond donors (Lipinski definition) is 1. The van der Waals surface area contributed by atoms with E-state index in [1.54, 1.807) is 12.3 Å². The molecular weight excluding hydrogens is 311 g/mol. The highest BCUT2D eigenvalue weighted by molar-refractivity contribution is 9.10. The van der Waals surface area contributed by atoms with Crippen LogP contribution in [0, 0.1) is 5.82 Å². The van der Waals surface area contributed by atoms with E-state index in [-0.39, 0.29) is 5.82 Å². The molecule has 1 aromatic heterocycles. The van der Waals surface area contributed by atoms with Gasteiger partial charge in [0.2, 0.25) is 5.88 Å². The number of pyridine rings is 1. The van der Waals surface area contributed by atoms with Crippen molar-refractivity contribution in [2.75, 3.05) is 11.9 Å². The minimum atomic E-state index is -0.268. The predicted octanol–water partition coefficient (Wildman–Crippen LogP) is 3.99. The Kier molecular flexibility index (Phi) is 4.74. The number of rotatable bonds is 5. The standard InChI is InChI=1S/C14H14BrFN2O/c1-2-19-14-13(4-3-7-17-14)18-9-10-5-6-11(15)12(16)8-10/h3-8,18H,2,9H2,1H3. The molecule has 0 aliphatic carbocycles. The van der Waals surface area contributed by atoms with E-state index >= 15 is 0 Å². The van der Waals surface area contributed by atoms with Gasteiger partial charge >= 0.3 is 0 Å². The van der Waals surface area contributed by atoms with Gasteiger partial charge in [-0.3, -0.25) is 0 Å². The third-order valence-corrected chi connectivity index (χ3v) is 3.16. The van der Waals surface area contributed by atoms with Gasteiger partial charge in [-0.15, -0.1) is 0 Å². The molecule has 0 aliphatic rings. The zero-order chi connectivity index (χ0) is 13.7. The maximum atomic E-state index is 13.4. The molecule has 0 aliphatic heterocycles. The summed E-state index contributed by atoms with van der Waals surface area (Å²) in [7, 11) is 0. The Bertz CT molecular complexity index is 563. The summed E-state index contributed by atoms with van der Waals surface area (Å²) < 4.78 is 19.3. The molecule has 0 spiro atoms. The van der Waals surface area contributed by atoms with Gasteiger partial charge in [0.15, 0.2) is 0 Å². The molecule has 1 heterocycles. The van der Waals surface area contributed by atoms with Crippen LogP contribution in [0.25, 0.3) is 0 Å². The van der Waals surface area contributed by atoms with Crippen LogP contribution in [0.3, 0.4) is 0 Å². The van der Waals surface area contributed by atoms with E-state index in [1.807, 2.05) is 25.1 Å². The molecule has 0 fully saturated rings. The van der Waals surface area contributed by atoms with Crippen molar-refractivity contribution in [1.82, 2.24) is 4.98 Å². The Hall–Kier alpha value is -1.62. The molecule has 1 N–H and O–H groups in total. The summed E-state index contributed by atoms with van der Waals surface area (Å²) in [6, 6.07) is 8.75. The van der Waals surface area contributed by atoms with Gasteiger partial charge in [0.05, 0.1) is 16.8 Å². The first kappa shape index (κ1) is 13.8. The molecule has 5 heteroatoms. The molecule has 0 saturated carbocycles. The molecule has 100 valence electrons. The molecule has 19 heavy (non-hydrogen) atoms. The lowest BCUT2D eigenvalue weighted by Crippen LogP contribution is -2.04. The van der Waals surface area contributed by atoms with E-state index in [0.717, 1.165) is 11.3 Å². The molecule has 2 aromatic rings. The van der Waals surface area contributed by atoms with Crippen molar-refractivity contribution < 1.29 is 9.13 Å². The molecule has 0 radical (unpaired) electrons. The van der Waals surface area contributed by atoms with Gasteiger partial charge in [-0.1, -0.05) is 6.07 Å². The molecule has 0 unspecified atom stereocenters. The van der Waals surface area contributed by atoms with Gasteiger partial charge in [-0.25, -0.2) is 9.37 Å². The Morgan fingerprint density at radius 1 is 1.37 bits per heavy atom. The largest absolute Gasteiger partial charge is 0.476 e. The lowest BCUT2D eigenvalue weighted by Gasteiger charge is -2.11. The lowest BCUT2D eigenvalue weighted by molar-refractivity contribution is 0.328. The number of nitrogens with zero attached hydrogens (tertiary/aromatic N) is 1. The van der Waals surface area contributed by atoms with Crippen LogP contribution in [0.1, 0.15) is 12.5 Å². The molecule has 1 aromatic carbocycles. The fourth-order valence-corrected chi connectivity index (χ4v) is 1.87. The topological polar surface area (TPSA) is 34.1 Å². The lowest BCUT2D eigenvalue weighted by atomic mass is 10.2. The number of halogens is 2. The van der Waals surface area contributed by atoms with Crippen molar-refractivity contribution in [3.05, 3.63) is 52.4 Å². The molecule has 0 saturated heterocycles. The minimum absolute atomic E-state index is 0.268. The van der Waals surface area contributed by atoms with Crippen molar-refractivity contribution >= 4 is 21.6 Å². The second-order valence-corrected chi connectivity index (χ2v) is 4.75. The summed E-state index contributed by atoms with van der Waals surface area (Å²) >= 11 is 3.13. The minimum Gasteiger partial charge on any atom is -0.476 e. The Labute approximate surface area is 119 Å². The molecule has 2 rings (SSSR count). The average Bonchev–Trinajstić information content (AvgIpc) is 2.42. The zero-order valence-corrected chi connectivity index (χ0v) is 12.1. The first-order valence-corrected chi connectivity index (χ1v) is 6.75. The van der Waals surface area contributed by atoms with E-state index in [4.69, 9.17) is 4.74 Å². The number of aromatic nitrogens is 1. The number of ether oxygens (including phenoxy) is 1. The van der Waals surface area contributed by atoms with E-state index in [0.29, 0.717) is 23.5 Å². The summed E-state index contributed by atoms with van der Waals surface area (Å²) in [6.45, 7) is 2.97. The number of anilines is 1. The van der Waals surface area contributed by atoms with Gasteiger partial charge < -0.3 is 10.1 Å². The van der Waals surface area contributed by atoms with Crippen LogP contribution >= 0.6 is 15.9 Å². The second kappa shape index (κ2) is 6.52. The van der Waals surface area contributed by atoms with Crippen molar-refractivity contribution in [1.29, 1.82) is 0 Å². The highest BCUT2D eigenvalue weighted by atomic mass is 79.9. The van der Waals surface area contributed by atoms with Gasteiger partial charge in [0, 0.05) is 12.7 Å². The van der Waals surface area contributed by atoms with E-state index in [2.05, 4.69) is 26.2 Å². The fourth-order valence-electron chi connectivity index (χ4n) is 1.62. The quantitative estimate of drug-likeness (QED) is 0.902. The number of hydrogen-bond acceptors (Lipinski definition) is 3. The van der Waals surface area contributed by atoms with Gasteiger partial charge in [0.25, 0.3) is 0 Å². The second-order valence-electron chi connectivity index (χ2n) is 3.89. The molecule has 0 amide bonds. The molecule has 3 nitrogen and oxygen atoms in total. The summed E-state index contributed by atoms with van der Waals surface area (Å²) in [6.07, 6.45) is 1.68. The van der Waals surface area contributed by atoms with E-state index < -0.39 is 0 Å². The smallest absolute Gasteiger partial charge is 0.237 e. The van der Waals surface area contributed by atoms with Crippen LogP contribution in [-0.2, 0) is 6.54 Å². The summed E-state index contributed by atoms with van der Waals surface area (Å²) in [5.74, 6) is 0.290. The van der Waals surface area contributed by atoms with Crippen LogP contribution < -0.4 is 10.1 Å². The van der Waals surface area contributed by atoms with Crippen LogP contribution in [0.5, 0.6) is 5.88 Å². The van der Waals surface area contributed by atoms with Crippen molar-refractivity contribution in [2.45, 2.75) is 13.5 Å². The molecular formula is C14H14BrFN2O. The highest BCUT2D eigenvalue weighted by Crippen LogP contribution is 2.22. The van der Waals surface area contributed by atoms with Crippen LogP contribution in [0.2, 0.25) is 0 Å². The predicted molar refractivity (Wildman–Crippen MR) is 76.8 cm³/mol. The van der Waals surface area contributed by atoms with Crippen LogP contribution in [0.15, 0.2) is 41.0 Å². The van der Waals surface area contributed by atoms with Gasteiger partial charge in [-0.2, -0.15) is 0 Å². The summed E-state index contributed by atoms with van der Waals surface area (Å²) in [5, 5.41) is 3.19. The third kappa shape index (κ3) is 3.67. The maximum Gasteiger partial charge on any atom is 0.237 e. The van der Waals surface area contributed by atoms with Crippen molar-refractivity contribution in [3.8, 4) is 5.88 Å². The summed E-state index contributed by atoms with van der Waals surface area (Å²) in [4.78, 5) is 4.15. The first-order valence-electron chi connectivity index (χ1n) is 5.96.